The van der Waals surface area contributed by atoms with Crippen molar-refractivity contribution in [3.05, 3.63) is 23.8 Å². The summed E-state index contributed by atoms with van der Waals surface area (Å²) in [5.74, 6) is -2.65. The second-order valence-corrected chi connectivity index (χ2v) is 8.71. The van der Waals surface area contributed by atoms with Crippen LogP contribution in [-0.4, -0.2) is 54.7 Å². The first-order valence-electron chi connectivity index (χ1n) is 10.5. The van der Waals surface area contributed by atoms with Gasteiger partial charge in [-0.1, -0.05) is 6.92 Å². The number of hydrogen-bond donors (Lipinski definition) is 2. The zero-order chi connectivity index (χ0) is 26.8. The SMILES string of the molecule is CC[C@H](NC(=O)OC(C)(C)C)C(=O)N1c2ccc(OC(F)(F)F)cc2CC1C(=O)NCC(F)(F)F. The van der Waals surface area contributed by atoms with Crippen LogP contribution < -0.4 is 20.3 Å². The fourth-order valence-corrected chi connectivity index (χ4v) is 3.37. The molecule has 8 nitrogen and oxygen atoms in total. The summed E-state index contributed by atoms with van der Waals surface area (Å²) in [7, 11) is 0. The first kappa shape index (κ1) is 28.1. The number of benzene rings is 1. The van der Waals surface area contributed by atoms with Crippen LogP contribution >= 0.6 is 0 Å². The molecule has 2 rings (SSSR count). The number of hydrogen-bond acceptors (Lipinski definition) is 5. The fourth-order valence-electron chi connectivity index (χ4n) is 3.37. The smallest absolute Gasteiger partial charge is 0.444 e. The molecule has 196 valence electrons. The molecule has 1 aromatic carbocycles. The van der Waals surface area contributed by atoms with E-state index in [1.165, 1.54) is 6.92 Å². The highest BCUT2D eigenvalue weighted by Gasteiger charge is 2.42. The molecule has 0 aromatic heterocycles. The van der Waals surface area contributed by atoms with Gasteiger partial charge in [0, 0.05) is 12.1 Å². The first-order valence-corrected chi connectivity index (χ1v) is 10.5. The third kappa shape index (κ3) is 8.21. The predicted octanol–water partition coefficient (Wildman–Crippen LogP) is 3.82. The molecule has 35 heavy (non-hydrogen) atoms. The maximum atomic E-state index is 13.3. The number of amides is 3. The second kappa shape index (κ2) is 10.2. The number of anilines is 1. The lowest BCUT2D eigenvalue weighted by molar-refractivity contribution is -0.274. The summed E-state index contributed by atoms with van der Waals surface area (Å²) in [6, 6.07) is 0.203. The Balaban J connectivity index is 2.37. The van der Waals surface area contributed by atoms with Gasteiger partial charge in [0.2, 0.25) is 11.8 Å². The third-order valence-electron chi connectivity index (χ3n) is 4.67. The fraction of sp³-hybridized carbons (Fsp3) is 0.571. The third-order valence-corrected chi connectivity index (χ3v) is 4.67. The van der Waals surface area contributed by atoms with Gasteiger partial charge in [-0.25, -0.2) is 4.79 Å². The molecule has 1 unspecified atom stereocenters. The molecule has 0 bridgehead atoms. The topological polar surface area (TPSA) is 97.0 Å². The number of halogens is 6. The molecule has 1 aliphatic heterocycles. The predicted molar refractivity (Wildman–Crippen MR) is 111 cm³/mol. The summed E-state index contributed by atoms with van der Waals surface area (Å²) in [5, 5.41) is 4.04. The van der Waals surface area contributed by atoms with E-state index in [1.54, 1.807) is 26.1 Å². The minimum Gasteiger partial charge on any atom is -0.444 e. The van der Waals surface area contributed by atoms with Crippen LogP contribution in [0.3, 0.4) is 0 Å². The highest BCUT2D eigenvalue weighted by Crippen LogP contribution is 2.37. The summed E-state index contributed by atoms with van der Waals surface area (Å²) in [4.78, 5) is 38.9. The Labute approximate surface area is 196 Å². The van der Waals surface area contributed by atoms with E-state index in [-0.39, 0.29) is 24.1 Å². The van der Waals surface area contributed by atoms with Crippen LogP contribution in [-0.2, 0) is 20.7 Å². The van der Waals surface area contributed by atoms with Gasteiger partial charge in [-0.05, 0) is 51.0 Å². The lowest BCUT2D eigenvalue weighted by Gasteiger charge is -2.29. The molecule has 0 fully saturated rings. The lowest BCUT2D eigenvalue weighted by Crippen LogP contribution is -2.55. The molecule has 1 heterocycles. The highest BCUT2D eigenvalue weighted by atomic mass is 19.4. The van der Waals surface area contributed by atoms with Gasteiger partial charge < -0.3 is 20.1 Å². The van der Waals surface area contributed by atoms with Crippen LogP contribution in [0.25, 0.3) is 0 Å². The quantitative estimate of drug-likeness (QED) is 0.564. The van der Waals surface area contributed by atoms with Crippen molar-refractivity contribution in [2.24, 2.45) is 0 Å². The van der Waals surface area contributed by atoms with Crippen molar-refractivity contribution >= 4 is 23.6 Å². The van der Waals surface area contributed by atoms with Crippen molar-refractivity contribution in [2.75, 3.05) is 11.4 Å². The average molecular weight is 513 g/mol. The van der Waals surface area contributed by atoms with Crippen molar-refractivity contribution in [1.29, 1.82) is 0 Å². The number of alkyl carbamates (subject to hydrolysis) is 1. The van der Waals surface area contributed by atoms with Crippen LogP contribution in [0.1, 0.15) is 39.7 Å². The Hall–Kier alpha value is -3.19. The molecule has 2 N–H and O–H groups in total. The molecular weight excluding hydrogens is 488 g/mol. The van der Waals surface area contributed by atoms with Crippen molar-refractivity contribution in [1.82, 2.24) is 10.6 Å². The number of fused-ring (bicyclic) bond motifs is 1. The summed E-state index contributed by atoms with van der Waals surface area (Å²) in [6.07, 6.45) is -11.0. The van der Waals surface area contributed by atoms with Gasteiger partial charge in [0.15, 0.2) is 0 Å². The number of carbonyl (C=O) groups excluding carboxylic acids is 3. The molecule has 3 amide bonds. The Kier molecular flexibility index (Phi) is 8.17. The van der Waals surface area contributed by atoms with Gasteiger partial charge in [-0.3, -0.25) is 14.5 Å². The zero-order valence-corrected chi connectivity index (χ0v) is 19.3. The summed E-state index contributed by atoms with van der Waals surface area (Å²) in [5.41, 5.74) is -0.818. The summed E-state index contributed by atoms with van der Waals surface area (Å²) >= 11 is 0. The highest BCUT2D eigenvalue weighted by molar-refractivity contribution is 6.06. The molecule has 0 radical (unpaired) electrons. The normalized spacial score (nSPS) is 16.9. The molecule has 1 aromatic rings. The minimum atomic E-state index is -5.00. The van der Waals surface area contributed by atoms with Crippen molar-refractivity contribution in [3.8, 4) is 5.75 Å². The van der Waals surface area contributed by atoms with Gasteiger partial charge in [0.05, 0.1) is 0 Å². The molecule has 0 spiro atoms. The molecule has 0 aliphatic carbocycles. The number of ether oxygens (including phenoxy) is 2. The van der Waals surface area contributed by atoms with E-state index in [0.29, 0.717) is 0 Å². The number of rotatable bonds is 6. The van der Waals surface area contributed by atoms with Crippen LogP contribution in [0.15, 0.2) is 18.2 Å². The largest absolute Gasteiger partial charge is 0.573 e. The zero-order valence-electron chi connectivity index (χ0n) is 19.3. The van der Waals surface area contributed by atoms with E-state index >= 15 is 0 Å². The van der Waals surface area contributed by atoms with E-state index in [1.807, 2.05) is 0 Å². The summed E-state index contributed by atoms with van der Waals surface area (Å²) in [6.45, 7) is 4.64. The van der Waals surface area contributed by atoms with Crippen molar-refractivity contribution in [3.63, 3.8) is 0 Å². The van der Waals surface area contributed by atoms with Gasteiger partial charge in [-0.15, -0.1) is 13.2 Å². The van der Waals surface area contributed by atoms with Crippen molar-refractivity contribution in [2.45, 2.75) is 70.8 Å². The van der Waals surface area contributed by atoms with Gasteiger partial charge in [-0.2, -0.15) is 13.2 Å². The average Bonchev–Trinajstić information content (AvgIpc) is 3.05. The number of carbonyl (C=O) groups is 3. The number of alkyl halides is 6. The molecule has 14 heteroatoms. The number of nitrogens with zero attached hydrogens (tertiary/aromatic N) is 1. The Morgan fingerprint density at radius 2 is 1.74 bits per heavy atom. The number of nitrogens with one attached hydrogen (secondary N) is 2. The van der Waals surface area contributed by atoms with E-state index in [4.69, 9.17) is 4.74 Å². The minimum absolute atomic E-state index is 0.00104. The first-order chi connectivity index (χ1) is 15.9. The maximum absolute atomic E-state index is 13.3. The standard InChI is InChI=1S/C21H25F6N3O5/c1-5-13(29-18(33)35-19(2,3)4)17(32)30-14-7-6-12(34-21(25,26)27)8-11(14)9-15(30)16(31)28-10-20(22,23)24/h6-8,13,15H,5,9-10H2,1-4H3,(H,28,31)(H,29,33)/t13-,15?/m0/s1. The van der Waals surface area contributed by atoms with E-state index in [9.17, 15) is 40.7 Å². The monoisotopic (exact) mass is 513 g/mol. The van der Waals surface area contributed by atoms with Gasteiger partial charge in [0.1, 0.15) is 30.0 Å². The van der Waals surface area contributed by atoms with E-state index in [2.05, 4.69) is 10.1 Å². The van der Waals surface area contributed by atoms with E-state index < -0.39 is 60.4 Å². The van der Waals surface area contributed by atoms with Crippen molar-refractivity contribution < 1.29 is 50.2 Å². The Morgan fingerprint density at radius 1 is 1.11 bits per heavy atom. The molecule has 1 aliphatic rings. The maximum Gasteiger partial charge on any atom is 0.573 e. The Morgan fingerprint density at radius 3 is 2.26 bits per heavy atom. The molecule has 2 atom stereocenters. The lowest BCUT2D eigenvalue weighted by atomic mass is 10.1. The van der Waals surface area contributed by atoms with Gasteiger partial charge >= 0.3 is 18.6 Å². The Bertz CT molecular complexity index is 958. The second-order valence-electron chi connectivity index (χ2n) is 8.71. The molecular formula is C21H25F6N3O5. The van der Waals surface area contributed by atoms with Crippen LogP contribution in [0.4, 0.5) is 36.8 Å². The molecule has 0 saturated heterocycles. The van der Waals surface area contributed by atoms with Crippen LogP contribution in [0.2, 0.25) is 0 Å². The summed E-state index contributed by atoms with van der Waals surface area (Å²) < 4.78 is 84.6. The van der Waals surface area contributed by atoms with Gasteiger partial charge in [0.25, 0.3) is 0 Å². The van der Waals surface area contributed by atoms with E-state index in [0.717, 1.165) is 23.1 Å². The van der Waals surface area contributed by atoms with Crippen LogP contribution in [0, 0.1) is 0 Å². The molecule has 0 saturated carbocycles. The van der Waals surface area contributed by atoms with Crippen LogP contribution in [0.5, 0.6) is 5.75 Å².